The molecule has 1 aromatic heterocycles. The highest BCUT2D eigenvalue weighted by Crippen LogP contribution is 2.64. The van der Waals surface area contributed by atoms with E-state index in [1.807, 2.05) is 12.1 Å². The number of para-hydroxylation sites is 2. The predicted octanol–water partition coefficient (Wildman–Crippen LogP) is 20.5. The van der Waals surface area contributed by atoms with Crippen LogP contribution in [0.25, 0.3) is 99.1 Å². The third-order valence-corrected chi connectivity index (χ3v) is 16.5. The second-order valence-corrected chi connectivity index (χ2v) is 20.7. The molecule has 0 N–H and O–H groups in total. The molecule has 1 aliphatic heterocycles. The fourth-order valence-corrected chi connectivity index (χ4v) is 12.9. The van der Waals surface area contributed by atoms with Gasteiger partial charge in [-0.15, -0.1) is 0 Å². The van der Waals surface area contributed by atoms with E-state index in [0.717, 1.165) is 111 Å². The lowest BCUT2D eigenvalue weighted by Gasteiger charge is -2.40. The van der Waals surface area contributed by atoms with E-state index in [1.165, 1.54) is 38.9 Å². The predicted molar refractivity (Wildman–Crippen MR) is 323 cm³/mol. The molecule has 78 heavy (non-hydrogen) atoms. The van der Waals surface area contributed by atoms with Crippen LogP contribution in [0, 0.1) is 0 Å². The number of rotatable bonds is 7. The Balaban J connectivity index is 0.796. The van der Waals surface area contributed by atoms with Gasteiger partial charge in [0.05, 0.1) is 11.1 Å². The van der Waals surface area contributed by atoms with Crippen LogP contribution >= 0.6 is 0 Å². The average molecular weight is 994 g/mol. The number of hydrogen-bond donors (Lipinski definition) is 0. The zero-order valence-corrected chi connectivity index (χ0v) is 42.4. The summed E-state index contributed by atoms with van der Waals surface area (Å²) < 4.78 is 13.4. The lowest BCUT2D eigenvalue weighted by molar-refractivity contribution is 0.447. The van der Waals surface area contributed by atoms with E-state index >= 15 is 0 Å². The fraction of sp³-hybridized carbons (Fsp3) is 0.0133. The Morgan fingerprint density at radius 1 is 0.269 bits per heavy atom. The lowest BCUT2D eigenvalue weighted by atomic mass is 9.65. The molecule has 0 radical (unpaired) electrons. The SMILES string of the molecule is c1ccc(-c2ccccc2N(c2ccc(-c3ccc4oc5ccccc5c4c3)cc2)c2cccc(-c3ccc(-c4ccc5c(c4)C4(c6ccccc6-5)c5ccc6ccccc6c5Oc5c4ccc4ccccc54)cc3)c2)cc1. The molecule has 3 heteroatoms. The average Bonchev–Trinajstić information content (AvgIpc) is 3.00. The molecule has 364 valence electrons. The van der Waals surface area contributed by atoms with Gasteiger partial charge in [0.2, 0.25) is 0 Å². The lowest BCUT2D eigenvalue weighted by Crippen LogP contribution is -2.32. The molecule has 3 nitrogen and oxygen atoms in total. The van der Waals surface area contributed by atoms with Gasteiger partial charge in [-0.3, -0.25) is 0 Å². The summed E-state index contributed by atoms with van der Waals surface area (Å²) in [6.45, 7) is 0. The molecule has 0 saturated carbocycles. The van der Waals surface area contributed by atoms with E-state index in [2.05, 4.69) is 278 Å². The van der Waals surface area contributed by atoms with E-state index in [-0.39, 0.29) is 0 Å². The van der Waals surface area contributed by atoms with Crippen molar-refractivity contribution in [2.75, 3.05) is 4.90 Å². The first-order valence-corrected chi connectivity index (χ1v) is 26.8. The molecule has 0 amide bonds. The van der Waals surface area contributed by atoms with Gasteiger partial charge >= 0.3 is 0 Å². The van der Waals surface area contributed by atoms with Crippen LogP contribution in [-0.2, 0) is 5.41 Å². The van der Waals surface area contributed by atoms with Gasteiger partial charge < -0.3 is 14.1 Å². The topological polar surface area (TPSA) is 25.6 Å². The summed E-state index contributed by atoms with van der Waals surface area (Å²) in [5, 5.41) is 6.80. The first-order chi connectivity index (χ1) is 38.7. The van der Waals surface area contributed by atoms with Crippen LogP contribution in [0.1, 0.15) is 22.3 Å². The first kappa shape index (κ1) is 44.1. The molecule has 0 unspecified atom stereocenters. The maximum Gasteiger partial charge on any atom is 0.140 e. The Hall–Kier alpha value is -10.2. The van der Waals surface area contributed by atoms with Crippen molar-refractivity contribution >= 4 is 60.5 Å². The standard InChI is InChI=1S/C75H47NO2/c1-2-15-51(16-3-1)59-21-9-12-27-70(59)76(57-39-33-50(34-40-57)55-38-44-72-65(46-55)64-25-10-13-28-71(64)77-72)58-20-14-19-54(45-58)48-29-31-49(32-30-48)56-35-41-63-62-24-8-11-26-66(62)75(69(63)47-56)67-42-36-52-17-4-6-22-60(52)73(67)78-74-61-23-7-5-18-53(61)37-43-68(74)75/h1-47H. The van der Waals surface area contributed by atoms with Crippen LogP contribution in [0.2, 0.25) is 0 Å². The largest absolute Gasteiger partial charge is 0.456 e. The highest BCUT2D eigenvalue weighted by atomic mass is 16.5. The number of nitrogens with zero attached hydrogens (tertiary/aromatic N) is 1. The van der Waals surface area contributed by atoms with Crippen molar-refractivity contribution in [3.05, 3.63) is 307 Å². The van der Waals surface area contributed by atoms with Gasteiger partial charge in [0.25, 0.3) is 0 Å². The van der Waals surface area contributed by atoms with Gasteiger partial charge in [-0.1, -0.05) is 231 Å². The van der Waals surface area contributed by atoms with Crippen LogP contribution < -0.4 is 9.64 Å². The summed E-state index contributed by atoms with van der Waals surface area (Å²) in [6.07, 6.45) is 0. The quantitative estimate of drug-likeness (QED) is 0.159. The summed E-state index contributed by atoms with van der Waals surface area (Å²) in [6, 6.07) is 104. The molecule has 13 aromatic carbocycles. The number of anilines is 3. The van der Waals surface area contributed by atoms with Crippen molar-refractivity contribution in [1.82, 2.24) is 0 Å². The van der Waals surface area contributed by atoms with Gasteiger partial charge in [-0.05, 0) is 127 Å². The monoisotopic (exact) mass is 993 g/mol. The van der Waals surface area contributed by atoms with Crippen molar-refractivity contribution in [3.8, 4) is 67.1 Å². The summed E-state index contributed by atoms with van der Waals surface area (Å²) in [7, 11) is 0. The van der Waals surface area contributed by atoms with Crippen LogP contribution in [0.5, 0.6) is 11.5 Å². The number of furan rings is 1. The highest BCUT2D eigenvalue weighted by Gasteiger charge is 2.52. The van der Waals surface area contributed by atoms with Crippen LogP contribution in [0.4, 0.5) is 17.1 Å². The Kier molecular flexibility index (Phi) is 9.85. The summed E-state index contributed by atoms with van der Waals surface area (Å²) in [5.74, 6) is 1.85. The third kappa shape index (κ3) is 6.71. The van der Waals surface area contributed by atoms with Crippen LogP contribution in [0.15, 0.2) is 290 Å². The molecular formula is C75H47NO2. The van der Waals surface area contributed by atoms with Crippen molar-refractivity contribution in [2.24, 2.45) is 0 Å². The number of fused-ring (bicyclic) bond motifs is 16. The minimum atomic E-state index is -0.617. The third-order valence-electron chi connectivity index (χ3n) is 16.5. The van der Waals surface area contributed by atoms with Crippen LogP contribution in [0.3, 0.4) is 0 Å². The Labute approximate surface area is 452 Å². The van der Waals surface area contributed by atoms with Gasteiger partial charge in [0.1, 0.15) is 22.7 Å². The minimum absolute atomic E-state index is 0.617. The zero-order chi connectivity index (χ0) is 51.3. The molecule has 2 heterocycles. The smallest absolute Gasteiger partial charge is 0.140 e. The van der Waals surface area contributed by atoms with Gasteiger partial charge in [0, 0.05) is 49.6 Å². The maximum atomic E-state index is 7.23. The Bertz CT molecular complexity index is 4620. The van der Waals surface area contributed by atoms with Gasteiger partial charge in [0.15, 0.2) is 0 Å². The van der Waals surface area contributed by atoms with E-state index in [4.69, 9.17) is 9.15 Å². The minimum Gasteiger partial charge on any atom is -0.456 e. The van der Waals surface area contributed by atoms with Crippen molar-refractivity contribution in [2.45, 2.75) is 5.41 Å². The van der Waals surface area contributed by atoms with E-state index in [9.17, 15) is 0 Å². The number of ether oxygens (including phenoxy) is 1. The first-order valence-electron chi connectivity index (χ1n) is 26.8. The molecule has 0 atom stereocenters. The second-order valence-electron chi connectivity index (χ2n) is 20.7. The molecule has 1 aliphatic carbocycles. The molecular weight excluding hydrogens is 947 g/mol. The molecule has 16 rings (SSSR count). The molecule has 2 aliphatic rings. The molecule has 0 fully saturated rings. The number of benzene rings is 13. The van der Waals surface area contributed by atoms with E-state index < -0.39 is 5.41 Å². The van der Waals surface area contributed by atoms with E-state index in [0.29, 0.717) is 0 Å². The normalized spacial score (nSPS) is 12.8. The van der Waals surface area contributed by atoms with Crippen LogP contribution in [-0.4, -0.2) is 0 Å². The second kappa shape index (κ2) is 17.4. The molecule has 14 aromatic rings. The number of hydrogen-bond acceptors (Lipinski definition) is 3. The van der Waals surface area contributed by atoms with E-state index in [1.54, 1.807) is 0 Å². The highest BCUT2D eigenvalue weighted by molar-refractivity contribution is 6.06. The molecule has 1 spiro atoms. The maximum absolute atomic E-state index is 7.23. The molecule has 0 bridgehead atoms. The van der Waals surface area contributed by atoms with Crippen molar-refractivity contribution in [3.63, 3.8) is 0 Å². The molecule has 0 saturated heterocycles. The van der Waals surface area contributed by atoms with Gasteiger partial charge in [-0.2, -0.15) is 0 Å². The van der Waals surface area contributed by atoms with Crippen molar-refractivity contribution < 1.29 is 9.15 Å². The fourth-order valence-electron chi connectivity index (χ4n) is 12.9. The summed E-state index contributed by atoms with van der Waals surface area (Å²) in [5.41, 5.74) is 21.0. The Morgan fingerprint density at radius 2 is 0.795 bits per heavy atom. The summed E-state index contributed by atoms with van der Waals surface area (Å²) >= 11 is 0. The van der Waals surface area contributed by atoms with Crippen molar-refractivity contribution in [1.29, 1.82) is 0 Å². The Morgan fingerprint density at radius 3 is 1.53 bits per heavy atom. The zero-order valence-electron chi connectivity index (χ0n) is 42.4. The summed E-state index contributed by atoms with van der Waals surface area (Å²) in [4.78, 5) is 2.40. The van der Waals surface area contributed by atoms with Gasteiger partial charge in [-0.25, -0.2) is 0 Å².